The number of rotatable bonds is 3. The molecule has 1 N–H and O–H groups in total. The molecule has 24 heavy (non-hydrogen) atoms. The topological polar surface area (TPSA) is 42.0 Å². The lowest BCUT2D eigenvalue weighted by Crippen LogP contribution is -2.41. The zero-order chi connectivity index (χ0) is 17.1. The minimum absolute atomic E-state index is 0.0150. The van der Waals surface area contributed by atoms with Gasteiger partial charge in [0.05, 0.1) is 5.56 Å². The molecule has 2 aromatic rings. The van der Waals surface area contributed by atoms with Crippen molar-refractivity contribution >= 4 is 40.7 Å². The Balaban J connectivity index is 1.82. The molecule has 126 valence electrons. The second-order valence-corrected chi connectivity index (χ2v) is 7.18. The molecule has 3 rings (SSSR count). The van der Waals surface area contributed by atoms with Gasteiger partial charge in [-0.25, -0.2) is 4.98 Å². The van der Waals surface area contributed by atoms with Crippen molar-refractivity contribution in [1.82, 2.24) is 10.3 Å². The summed E-state index contributed by atoms with van der Waals surface area (Å²) in [5.41, 5.74) is 1.43. The molecule has 1 aromatic carbocycles. The van der Waals surface area contributed by atoms with Crippen molar-refractivity contribution < 1.29 is 4.79 Å². The molecule has 3 nitrogen and oxygen atoms in total. The molecule has 1 amide bonds. The fourth-order valence-corrected chi connectivity index (χ4v) is 4.03. The summed E-state index contributed by atoms with van der Waals surface area (Å²) in [6, 6.07) is 8.95. The highest BCUT2D eigenvalue weighted by Crippen LogP contribution is 2.37. The van der Waals surface area contributed by atoms with E-state index in [4.69, 9.17) is 34.8 Å². The van der Waals surface area contributed by atoms with Crippen LogP contribution in [0.15, 0.2) is 36.5 Å². The van der Waals surface area contributed by atoms with E-state index in [1.807, 2.05) is 12.1 Å². The van der Waals surface area contributed by atoms with Gasteiger partial charge in [0.2, 0.25) is 0 Å². The highest BCUT2D eigenvalue weighted by Gasteiger charge is 2.30. The van der Waals surface area contributed by atoms with E-state index in [0.29, 0.717) is 15.6 Å². The van der Waals surface area contributed by atoms with Crippen LogP contribution in [0.1, 0.15) is 47.5 Å². The largest absolute Gasteiger partial charge is 0.349 e. The molecule has 1 heterocycles. The van der Waals surface area contributed by atoms with Crippen LogP contribution in [0.3, 0.4) is 0 Å². The van der Waals surface area contributed by atoms with Crippen LogP contribution in [0, 0.1) is 0 Å². The number of hydrogen-bond acceptors (Lipinski definition) is 2. The van der Waals surface area contributed by atoms with E-state index in [0.717, 1.165) is 31.2 Å². The second-order valence-electron chi connectivity index (χ2n) is 5.98. The maximum Gasteiger partial charge on any atom is 0.254 e. The maximum atomic E-state index is 12.6. The summed E-state index contributed by atoms with van der Waals surface area (Å²) < 4.78 is 0. The van der Waals surface area contributed by atoms with E-state index >= 15 is 0 Å². The Bertz CT molecular complexity index is 751. The average Bonchev–Trinajstić information content (AvgIpc) is 2.56. The van der Waals surface area contributed by atoms with Crippen LogP contribution in [0.2, 0.25) is 15.2 Å². The summed E-state index contributed by atoms with van der Waals surface area (Å²) in [5, 5.41) is 4.59. The molecule has 0 spiro atoms. The van der Waals surface area contributed by atoms with Gasteiger partial charge in [0, 0.05) is 28.2 Å². The van der Waals surface area contributed by atoms with Crippen molar-refractivity contribution in [2.75, 3.05) is 0 Å². The molecular formula is C18H17Cl3N2O. The Hall–Kier alpha value is -1.29. The first-order valence-corrected chi connectivity index (χ1v) is 9.06. The first kappa shape index (κ1) is 17.5. The van der Waals surface area contributed by atoms with E-state index in [1.165, 1.54) is 0 Å². The van der Waals surface area contributed by atoms with Crippen LogP contribution in [0.5, 0.6) is 0 Å². The van der Waals surface area contributed by atoms with Crippen molar-refractivity contribution in [3.05, 3.63) is 62.9 Å². The lowest BCUT2D eigenvalue weighted by atomic mass is 9.80. The van der Waals surface area contributed by atoms with Gasteiger partial charge in [-0.15, -0.1) is 0 Å². The third kappa shape index (κ3) is 3.85. The van der Waals surface area contributed by atoms with E-state index in [9.17, 15) is 4.79 Å². The number of hydrogen-bond donors (Lipinski definition) is 1. The van der Waals surface area contributed by atoms with Crippen molar-refractivity contribution in [1.29, 1.82) is 0 Å². The Morgan fingerprint density at radius 3 is 2.67 bits per heavy atom. The summed E-state index contributed by atoms with van der Waals surface area (Å²) in [4.78, 5) is 16.5. The summed E-state index contributed by atoms with van der Waals surface area (Å²) in [7, 11) is 0. The molecular weight excluding hydrogens is 367 g/mol. The van der Waals surface area contributed by atoms with Gasteiger partial charge in [-0.3, -0.25) is 4.79 Å². The van der Waals surface area contributed by atoms with E-state index in [2.05, 4.69) is 10.3 Å². The molecule has 1 aromatic heterocycles. The summed E-state index contributed by atoms with van der Waals surface area (Å²) in [5.74, 6) is -0.0296. The lowest BCUT2D eigenvalue weighted by Gasteiger charge is -2.33. The molecule has 2 atom stereocenters. The molecule has 0 bridgehead atoms. The van der Waals surface area contributed by atoms with Gasteiger partial charge in [-0.2, -0.15) is 0 Å². The molecule has 1 fully saturated rings. The molecule has 0 aliphatic heterocycles. The van der Waals surface area contributed by atoms with Crippen molar-refractivity contribution in [2.24, 2.45) is 0 Å². The fraction of sp³-hybridized carbons (Fsp3) is 0.333. The summed E-state index contributed by atoms with van der Waals surface area (Å²) in [6.07, 6.45) is 5.65. The van der Waals surface area contributed by atoms with Crippen LogP contribution >= 0.6 is 34.8 Å². The fourth-order valence-electron chi connectivity index (χ4n) is 3.28. The predicted octanol–water partition coefficient (Wildman–Crippen LogP) is 5.50. The third-order valence-electron chi connectivity index (χ3n) is 4.45. The minimum Gasteiger partial charge on any atom is -0.349 e. The highest BCUT2D eigenvalue weighted by atomic mass is 35.5. The van der Waals surface area contributed by atoms with Gasteiger partial charge in [-0.1, -0.05) is 53.7 Å². The van der Waals surface area contributed by atoms with Gasteiger partial charge in [0.25, 0.3) is 5.91 Å². The Morgan fingerprint density at radius 2 is 1.92 bits per heavy atom. The highest BCUT2D eigenvalue weighted by molar-refractivity contribution is 6.35. The van der Waals surface area contributed by atoms with Gasteiger partial charge < -0.3 is 5.32 Å². The number of pyridine rings is 1. The first-order chi connectivity index (χ1) is 11.6. The first-order valence-electron chi connectivity index (χ1n) is 7.92. The smallest absolute Gasteiger partial charge is 0.254 e. The van der Waals surface area contributed by atoms with Gasteiger partial charge in [-0.05, 0) is 42.7 Å². The molecule has 1 aliphatic rings. The minimum atomic E-state index is -0.199. The molecule has 0 saturated heterocycles. The van der Waals surface area contributed by atoms with Crippen LogP contribution in [0.4, 0.5) is 0 Å². The van der Waals surface area contributed by atoms with E-state index < -0.39 is 0 Å². The number of carbonyl (C=O) groups excluding carboxylic acids is 1. The Morgan fingerprint density at radius 1 is 1.12 bits per heavy atom. The number of nitrogens with zero attached hydrogens (tertiary/aromatic N) is 1. The Labute approximate surface area is 156 Å². The number of carbonyl (C=O) groups is 1. The van der Waals surface area contributed by atoms with Crippen molar-refractivity contribution in [3.63, 3.8) is 0 Å². The molecule has 1 aliphatic carbocycles. The van der Waals surface area contributed by atoms with Crippen molar-refractivity contribution in [3.8, 4) is 0 Å². The van der Waals surface area contributed by atoms with Crippen molar-refractivity contribution in [2.45, 2.75) is 37.6 Å². The molecule has 1 saturated carbocycles. The molecule has 0 unspecified atom stereocenters. The van der Waals surface area contributed by atoms with Crippen LogP contribution in [-0.2, 0) is 0 Å². The SMILES string of the molecule is O=C(N[C@H]1CCCC[C@H]1c1ccc(Cl)cc1Cl)c1cccnc1Cl. The molecule has 6 heteroatoms. The monoisotopic (exact) mass is 382 g/mol. The number of amides is 1. The maximum absolute atomic E-state index is 12.6. The third-order valence-corrected chi connectivity index (χ3v) is 5.31. The van der Waals surface area contributed by atoms with Gasteiger partial charge >= 0.3 is 0 Å². The quantitative estimate of drug-likeness (QED) is 0.711. The molecule has 0 radical (unpaired) electrons. The zero-order valence-electron chi connectivity index (χ0n) is 12.9. The van der Waals surface area contributed by atoms with Crippen LogP contribution < -0.4 is 5.32 Å². The van der Waals surface area contributed by atoms with Crippen LogP contribution in [-0.4, -0.2) is 16.9 Å². The van der Waals surface area contributed by atoms with E-state index in [1.54, 1.807) is 24.4 Å². The summed E-state index contributed by atoms with van der Waals surface area (Å²) >= 11 is 18.4. The number of nitrogens with one attached hydrogen (secondary N) is 1. The van der Waals surface area contributed by atoms with Gasteiger partial charge in [0.1, 0.15) is 5.15 Å². The summed E-state index contributed by atoms with van der Waals surface area (Å²) in [6.45, 7) is 0. The predicted molar refractivity (Wildman–Crippen MR) is 98.2 cm³/mol. The number of aromatic nitrogens is 1. The zero-order valence-corrected chi connectivity index (χ0v) is 15.2. The van der Waals surface area contributed by atoms with Gasteiger partial charge in [0.15, 0.2) is 0 Å². The number of halogens is 3. The standard InChI is InChI=1S/C18H17Cl3N2O/c19-11-7-8-12(15(20)10-11)13-4-1-2-6-16(13)23-18(24)14-5-3-9-22-17(14)21/h3,5,7-10,13,16H,1-2,4,6H2,(H,23,24)/t13-,16-/m0/s1. The normalized spacial score (nSPS) is 20.6. The second kappa shape index (κ2) is 7.73. The average molecular weight is 384 g/mol. The van der Waals surface area contributed by atoms with E-state index in [-0.39, 0.29) is 23.0 Å². The Kier molecular flexibility index (Phi) is 5.65. The van der Waals surface area contributed by atoms with Crippen LogP contribution in [0.25, 0.3) is 0 Å². The number of benzene rings is 1. The lowest BCUT2D eigenvalue weighted by molar-refractivity contribution is 0.0920.